The summed E-state index contributed by atoms with van der Waals surface area (Å²) in [6, 6.07) is 11.4. The Hall–Kier alpha value is -2.80. The molecule has 2 rings (SSSR count). The Balaban J connectivity index is 2.06. The molecule has 0 atom stereocenters. The summed E-state index contributed by atoms with van der Waals surface area (Å²) in [5.41, 5.74) is 2.82. The van der Waals surface area contributed by atoms with Gasteiger partial charge in [-0.25, -0.2) is 0 Å². The van der Waals surface area contributed by atoms with Crippen LogP contribution >= 0.6 is 12.2 Å². The quantitative estimate of drug-likeness (QED) is 0.512. The van der Waals surface area contributed by atoms with Crippen molar-refractivity contribution in [3.05, 3.63) is 69.3 Å². The van der Waals surface area contributed by atoms with Crippen molar-refractivity contribution in [1.82, 2.24) is 5.32 Å². The van der Waals surface area contributed by atoms with Gasteiger partial charge in [-0.3, -0.25) is 20.2 Å². The fraction of sp³-hybridized carbons (Fsp3) is 0.125. The third kappa shape index (κ3) is 4.33. The van der Waals surface area contributed by atoms with E-state index in [1.807, 2.05) is 26.0 Å². The number of non-ortho nitro benzene ring substituents is 1. The molecule has 7 heteroatoms. The van der Waals surface area contributed by atoms with E-state index in [1.165, 1.54) is 18.2 Å². The van der Waals surface area contributed by atoms with Crippen LogP contribution in [0, 0.1) is 24.0 Å². The first-order chi connectivity index (χ1) is 10.9. The molecule has 2 aromatic carbocycles. The zero-order valence-corrected chi connectivity index (χ0v) is 13.4. The molecular weight excluding hydrogens is 314 g/mol. The highest BCUT2D eigenvalue weighted by molar-refractivity contribution is 7.80. The van der Waals surface area contributed by atoms with Gasteiger partial charge in [0.05, 0.1) is 4.92 Å². The van der Waals surface area contributed by atoms with E-state index >= 15 is 0 Å². The van der Waals surface area contributed by atoms with Crippen molar-refractivity contribution in [3.8, 4) is 0 Å². The number of hydrogen-bond acceptors (Lipinski definition) is 4. The van der Waals surface area contributed by atoms with Gasteiger partial charge in [0.2, 0.25) is 0 Å². The van der Waals surface area contributed by atoms with Crippen LogP contribution in [-0.4, -0.2) is 15.9 Å². The summed E-state index contributed by atoms with van der Waals surface area (Å²) in [7, 11) is 0. The van der Waals surface area contributed by atoms with Gasteiger partial charge in [-0.05, 0) is 43.8 Å². The molecule has 23 heavy (non-hydrogen) atoms. The molecule has 0 radical (unpaired) electrons. The lowest BCUT2D eigenvalue weighted by Crippen LogP contribution is -2.34. The predicted molar refractivity (Wildman–Crippen MR) is 92.7 cm³/mol. The molecule has 0 aliphatic heterocycles. The van der Waals surface area contributed by atoms with E-state index in [-0.39, 0.29) is 16.7 Å². The summed E-state index contributed by atoms with van der Waals surface area (Å²) in [6.07, 6.45) is 0. The molecule has 0 saturated carbocycles. The Morgan fingerprint density at radius 3 is 2.57 bits per heavy atom. The molecule has 0 saturated heterocycles. The molecule has 1 amide bonds. The van der Waals surface area contributed by atoms with E-state index in [0.29, 0.717) is 11.3 Å². The Bertz CT molecular complexity index is 790. The van der Waals surface area contributed by atoms with E-state index < -0.39 is 4.92 Å². The zero-order chi connectivity index (χ0) is 17.0. The average molecular weight is 329 g/mol. The minimum absolute atomic E-state index is 0.0569. The number of nitro benzene ring substituents is 1. The van der Waals surface area contributed by atoms with Crippen LogP contribution in [0.15, 0.2) is 42.5 Å². The van der Waals surface area contributed by atoms with Crippen molar-refractivity contribution < 1.29 is 9.72 Å². The first kappa shape index (κ1) is 16.6. The Kier molecular flexibility index (Phi) is 5.02. The van der Waals surface area contributed by atoms with E-state index in [1.54, 1.807) is 12.1 Å². The number of nitrogens with one attached hydrogen (secondary N) is 2. The number of benzene rings is 2. The van der Waals surface area contributed by atoms with E-state index in [4.69, 9.17) is 12.2 Å². The SMILES string of the molecule is Cc1ccc(C(=O)NC(=S)Nc2cccc([N+](=O)[O-])c2)c(C)c1. The Labute approximate surface area is 138 Å². The highest BCUT2D eigenvalue weighted by Crippen LogP contribution is 2.17. The molecule has 0 bridgehead atoms. The van der Waals surface area contributed by atoms with Gasteiger partial charge in [0.1, 0.15) is 0 Å². The fourth-order valence-electron chi connectivity index (χ4n) is 2.10. The highest BCUT2D eigenvalue weighted by atomic mass is 32.1. The minimum Gasteiger partial charge on any atom is -0.332 e. The normalized spacial score (nSPS) is 10.0. The summed E-state index contributed by atoms with van der Waals surface area (Å²) < 4.78 is 0. The number of nitro groups is 1. The molecule has 0 aliphatic rings. The number of carbonyl (C=O) groups is 1. The largest absolute Gasteiger partial charge is 0.332 e. The molecule has 118 valence electrons. The summed E-state index contributed by atoms with van der Waals surface area (Å²) in [5, 5.41) is 16.1. The van der Waals surface area contributed by atoms with Gasteiger partial charge in [-0.2, -0.15) is 0 Å². The van der Waals surface area contributed by atoms with Crippen LogP contribution < -0.4 is 10.6 Å². The van der Waals surface area contributed by atoms with Gasteiger partial charge < -0.3 is 5.32 Å². The number of carbonyl (C=O) groups excluding carboxylic acids is 1. The second kappa shape index (κ2) is 6.97. The van der Waals surface area contributed by atoms with Gasteiger partial charge >= 0.3 is 0 Å². The zero-order valence-electron chi connectivity index (χ0n) is 12.6. The summed E-state index contributed by atoms with van der Waals surface area (Å²) in [4.78, 5) is 22.5. The van der Waals surface area contributed by atoms with Crippen molar-refractivity contribution in [3.63, 3.8) is 0 Å². The third-order valence-electron chi connectivity index (χ3n) is 3.17. The van der Waals surface area contributed by atoms with Crippen molar-refractivity contribution in [1.29, 1.82) is 0 Å². The van der Waals surface area contributed by atoms with Crippen molar-refractivity contribution in [2.45, 2.75) is 13.8 Å². The number of hydrogen-bond donors (Lipinski definition) is 2. The number of rotatable bonds is 3. The predicted octanol–water partition coefficient (Wildman–Crippen LogP) is 3.34. The molecule has 0 aliphatic carbocycles. The summed E-state index contributed by atoms with van der Waals surface area (Å²) in [5.74, 6) is -0.328. The number of amides is 1. The number of thiocarbonyl (C=S) groups is 1. The number of anilines is 1. The van der Waals surface area contributed by atoms with E-state index in [9.17, 15) is 14.9 Å². The lowest BCUT2D eigenvalue weighted by Gasteiger charge is -2.11. The van der Waals surface area contributed by atoms with Crippen molar-refractivity contribution in [2.75, 3.05) is 5.32 Å². The lowest BCUT2D eigenvalue weighted by molar-refractivity contribution is -0.384. The average Bonchev–Trinajstić information content (AvgIpc) is 2.47. The van der Waals surface area contributed by atoms with Gasteiger partial charge in [0, 0.05) is 23.4 Å². The van der Waals surface area contributed by atoms with Gasteiger partial charge in [0.15, 0.2) is 5.11 Å². The molecule has 0 spiro atoms. The van der Waals surface area contributed by atoms with Gasteiger partial charge in [0.25, 0.3) is 11.6 Å². The van der Waals surface area contributed by atoms with Crippen molar-refractivity contribution >= 4 is 34.6 Å². The monoisotopic (exact) mass is 329 g/mol. The van der Waals surface area contributed by atoms with Crippen LogP contribution in [-0.2, 0) is 0 Å². The van der Waals surface area contributed by atoms with Crippen LogP contribution in [0.3, 0.4) is 0 Å². The molecule has 0 aromatic heterocycles. The van der Waals surface area contributed by atoms with Crippen molar-refractivity contribution in [2.24, 2.45) is 0 Å². The maximum Gasteiger partial charge on any atom is 0.271 e. The van der Waals surface area contributed by atoms with Gasteiger partial charge in [-0.15, -0.1) is 0 Å². The van der Waals surface area contributed by atoms with Crippen LogP contribution in [0.5, 0.6) is 0 Å². The first-order valence-corrected chi connectivity index (χ1v) is 7.21. The van der Waals surface area contributed by atoms with Crippen LogP contribution in [0.2, 0.25) is 0 Å². The third-order valence-corrected chi connectivity index (χ3v) is 3.37. The maximum absolute atomic E-state index is 12.2. The number of nitrogens with zero attached hydrogens (tertiary/aromatic N) is 1. The molecule has 0 unspecified atom stereocenters. The van der Waals surface area contributed by atoms with Crippen LogP contribution in [0.4, 0.5) is 11.4 Å². The Morgan fingerprint density at radius 2 is 1.91 bits per heavy atom. The summed E-state index contributed by atoms with van der Waals surface area (Å²) in [6.45, 7) is 3.79. The summed E-state index contributed by atoms with van der Waals surface area (Å²) >= 11 is 5.08. The minimum atomic E-state index is -0.498. The first-order valence-electron chi connectivity index (χ1n) is 6.81. The Morgan fingerprint density at radius 1 is 1.17 bits per heavy atom. The smallest absolute Gasteiger partial charge is 0.271 e. The maximum atomic E-state index is 12.2. The molecule has 2 aromatic rings. The second-order valence-corrected chi connectivity index (χ2v) is 5.44. The highest BCUT2D eigenvalue weighted by Gasteiger charge is 2.12. The topological polar surface area (TPSA) is 84.3 Å². The molecular formula is C16H15N3O3S. The molecule has 0 fully saturated rings. The van der Waals surface area contributed by atoms with Gasteiger partial charge in [-0.1, -0.05) is 23.8 Å². The molecule has 2 N–H and O–H groups in total. The van der Waals surface area contributed by atoms with E-state index in [2.05, 4.69) is 10.6 Å². The standard InChI is InChI=1S/C16H15N3O3S/c1-10-6-7-14(11(2)8-10)15(20)18-16(23)17-12-4-3-5-13(9-12)19(21)22/h3-9H,1-2H3,(H2,17,18,20,23). The molecule has 0 heterocycles. The van der Waals surface area contributed by atoms with Crippen LogP contribution in [0.25, 0.3) is 0 Å². The molecule has 6 nitrogen and oxygen atoms in total. The van der Waals surface area contributed by atoms with E-state index in [0.717, 1.165) is 11.1 Å². The number of aryl methyl sites for hydroxylation is 2. The fourth-order valence-corrected chi connectivity index (χ4v) is 2.31. The van der Waals surface area contributed by atoms with Crippen LogP contribution in [0.1, 0.15) is 21.5 Å². The second-order valence-electron chi connectivity index (χ2n) is 5.03. The lowest BCUT2D eigenvalue weighted by atomic mass is 10.1.